The minimum absolute atomic E-state index is 0.196. The predicted molar refractivity (Wildman–Crippen MR) is 123 cm³/mol. The van der Waals surface area contributed by atoms with Gasteiger partial charge in [0.15, 0.2) is 0 Å². The summed E-state index contributed by atoms with van der Waals surface area (Å²) >= 11 is 0. The first-order valence-electron chi connectivity index (χ1n) is 12.0. The molecule has 0 bridgehead atoms. The van der Waals surface area contributed by atoms with Crippen LogP contribution in [0.2, 0.25) is 0 Å². The second-order valence-corrected chi connectivity index (χ2v) is 8.50. The Labute approximate surface area is 171 Å². The molecule has 0 rings (SSSR count). The topological polar surface area (TPSA) is 64.1 Å². The highest BCUT2D eigenvalue weighted by molar-refractivity contribution is 4.81. The zero-order valence-electron chi connectivity index (χ0n) is 18.9. The Morgan fingerprint density at radius 2 is 1.22 bits per heavy atom. The van der Waals surface area contributed by atoms with Crippen molar-refractivity contribution in [1.82, 2.24) is 5.32 Å². The van der Waals surface area contributed by atoms with E-state index in [4.69, 9.17) is 11.5 Å². The second-order valence-electron chi connectivity index (χ2n) is 8.50. The summed E-state index contributed by atoms with van der Waals surface area (Å²) in [6.07, 6.45) is 25.0. The Balaban J connectivity index is 3.40. The molecule has 5 N–H and O–H groups in total. The summed E-state index contributed by atoms with van der Waals surface area (Å²) in [5.41, 5.74) is 11.8. The maximum Gasteiger partial charge on any atom is 0.0219 e. The minimum Gasteiger partial charge on any atom is -0.329 e. The van der Waals surface area contributed by atoms with Gasteiger partial charge in [-0.1, -0.05) is 83.3 Å². The number of unbranched alkanes of at least 4 members (excludes halogenated alkanes) is 12. The van der Waals surface area contributed by atoms with Crippen LogP contribution < -0.4 is 16.8 Å². The van der Waals surface area contributed by atoms with Crippen LogP contribution in [0.5, 0.6) is 0 Å². The average Bonchev–Trinajstić information content (AvgIpc) is 2.66. The van der Waals surface area contributed by atoms with Crippen molar-refractivity contribution >= 4 is 0 Å². The summed E-state index contributed by atoms with van der Waals surface area (Å²) in [5, 5.41) is 3.56. The summed E-state index contributed by atoms with van der Waals surface area (Å²) < 4.78 is 0. The number of nitrogens with two attached hydrogens (primary N) is 2. The molecule has 27 heavy (non-hydrogen) atoms. The molecular weight excluding hydrogens is 330 g/mol. The fraction of sp³-hybridized carbons (Fsp3) is 0.917. The standard InChI is InChI=1S/C24H51N3/c1-4-5-6-7-8-9-10-11-12-13-14-15-16-17-18-19-20-24(23(3)26)27-22(2)21-25/h11-12,22-24,27H,4-10,13-21,25-26H2,1-3H3/b12-11-. The van der Waals surface area contributed by atoms with E-state index in [-0.39, 0.29) is 6.04 Å². The van der Waals surface area contributed by atoms with Crippen molar-refractivity contribution in [2.24, 2.45) is 11.5 Å². The van der Waals surface area contributed by atoms with Crippen LogP contribution in [-0.2, 0) is 0 Å². The molecule has 0 aromatic heterocycles. The Bertz CT molecular complexity index is 315. The van der Waals surface area contributed by atoms with Crippen LogP contribution in [-0.4, -0.2) is 24.7 Å². The Morgan fingerprint density at radius 1 is 0.741 bits per heavy atom. The molecule has 0 saturated heterocycles. The van der Waals surface area contributed by atoms with Gasteiger partial charge in [0.05, 0.1) is 0 Å². The molecule has 3 atom stereocenters. The van der Waals surface area contributed by atoms with Crippen LogP contribution in [0.4, 0.5) is 0 Å². The molecular formula is C24H51N3. The third kappa shape index (κ3) is 18.7. The molecule has 0 aromatic rings. The molecule has 0 aliphatic rings. The van der Waals surface area contributed by atoms with Gasteiger partial charge >= 0.3 is 0 Å². The van der Waals surface area contributed by atoms with Gasteiger partial charge in [0.25, 0.3) is 0 Å². The minimum atomic E-state index is 0.196. The summed E-state index contributed by atoms with van der Waals surface area (Å²) in [6, 6.07) is 0.956. The van der Waals surface area contributed by atoms with Crippen molar-refractivity contribution in [3.05, 3.63) is 12.2 Å². The van der Waals surface area contributed by atoms with E-state index >= 15 is 0 Å². The van der Waals surface area contributed by atoms with Crippen LogP contribution in [0.15, 0.2) is 12.2 Å². The van der Waals surface area contributed by atoms with Crippen LogP contribution in [0, 0.1) is 0 Å². The summed E-state index contributed by atoms with van der Waals surface area (Å²) in [7, 11) is 0. The number of hydrogen-bond donors (Lipinski definition) is 3. The van der Waals surface area contributed by atoms with Crippen molar-refractivity contribution in [2.45, 2.75) is 135 Å². The molecule has 0 fully saturated rings. The molecule has 0 amide bonds. The van der Waals surface area contributed by atoms with Crippen molar-refractivity contribution in [3.8, 4) is 0 Å². The number of rotatable bonds is 20. The molecule has 0 heterocycles. The third-order valence-corrected chi connectivity index (χ3v) is 5.51. The van der Waals surface area contributed by atoms with E-state index in [0.29, 0.717) is 18.6 Å². The van der Waals surface area contributed by atoms with Gasteiger partial charge in [-0.05, 0) is 46.0 Å². The van der Waals surface area contributed by atoms with E-state index < -0.39 is 0 Å². The number of hydrogen-bond acceptors (Lipinski definition) is 3. The Morgan fingerprint density at radius 3 is 1.70 bits per heavy atom. The zero-order chi connectivity index (χ0) is 20.2. The molecule has 162 valence electrons. The van der Waals surface area contributed by atoms with Crippen LogP contribution in [0.1, 0.15) is 117 Å². The van der Waals surface area contributed by atoms with Gasteiger partial charge in [-0.25, -0.2) is 0 Å². The van der Waals surface area contributed by atoms with E-state index in [1.807, 2.05) is 0 Å². The highest BCUT2D eigenvalue weighted by Crippen LogP contribution is 2.12. The van der Waals surface area contributed by atoms with Gasteiger partial charge in [0, 0.05) is 24.7 Å². The predicted octanol–water partition coefficient (Wildman–Crippen LogP) is 6.07. The van der Waals surface area contributed by atoms with Crippen LogP contribution in [0.3, 0.4) is 0 Å². The van der Waals surface area contributed by atoms with Crippen LogP contribution >= 0.6 is 0 Å². The lowest BCUT2D eigenvalue weighted by molar-refractivity contribution is 0.369. The molecule has 0 spiro atoms. The number of nitrogens with one attached hydrogen (secondary N) is 1. The highest BCUT2D eigenvalue weighted by Gasteiger charge is 2.14. The van der Waals surface area contributed by atoms with Gasteiger partial charge in [-0.15, -0.1) is 0 Å². The lowest BCUT2D eigenvalue weighted by atomic mass is 10.0. The quantitative estimate of drug-likeness (QED) is 0.177. The van der Waals surface area contributed by atoms with E-state index in [1.165, 1.54) is 96.3 Å². The molecule has 3 nitrogen and oxygen atoms in total. The molecule has 3 heteroatoms. The van der Waals surface area contributed by atoms with E-state index in [9.17, 15) is 0 Å². The van der Waals surface area contributed by atoms with Gasteiger partial charge < -0.3 is 16.8 Å². The number of allylic oxidation sites excluding steroid dienone is 2. The van der Waals surface area contributed by atoms with Gasteiger partial charge in [-0.3, -0.25) is 0 Å². The molecule has 0 saturated carbocycles. The largest absolute Gasteiger partial charge is 0.329 e. The molecule has 0 radical (unpaired) electrons. The smallest absolute Gasteiger partial charge is 0.0219 e. The van der Waals surface area contributed by atoms with Crippen molar-refractivity contribution < 1.29 is 0 Å². The maximum absolute atomic E-state index is 6.10. The van der Waals surface area contributed by atoms with Gasteiger partial charge in [-0.2, -0.15) is 0 Å². The first-order valence-corrected chi connectivity index (χ1v) is 12.0. The maximum atomic E-state index is 6.10. The first kappa shape index (κ1) is 26.6. The van der Waals surface area contributed by atoms with Crippen molar-refractivity contribution in [2.75, 3.05) is 6.54 Å². The van der Waals surface area contributed by atoms with Crippen LogP contribution in [0.25, 0.3) is 0 Å². The fourth-order valence-corrected chi connectivity index (χ4v) is 3.54. The highest BCUT2D eigenvalue weighted by atomic mass is 15.0. The summed E-state index contributed by atoms with van der Waals surface area (Å²) in [4.78, 5) is 0. The monoisotopic (exact) mass is 381 g/mol. The molecule has 0 aliphatic heterocycles. The van der Waals surface area contributed by atoms with E-state index in [0.717, 1.165) is 0 Å². The second kappa shape index (κ2) is 20.4. The SMILES string of the molecule is CCCCCCCC/C=C\CCCCCCCCC(NC(C)CN)C(C)N. The fourth-order valence-electron chi connectivity index (χ4n) is 3.54. The van der Waals surface area contributed by atoms with E-state index in [1.54, 1.807) is 0 Å². The van der Waals surface area contributed by atoms with E-state index in [2.05, 4.69) is 38.2 Å². The molecule has 3 unspecified atom stereocenters. The summed E-state index contributed by atoms with van der Waals surface area (Å²) in [6.45, 7) is 7.19. The third-order valence-electron chi connectivity index (χ3n) is 5.51. The average molecular weight is 382 g/mol. The Kier molecular flexibility index (Phi) is 20.1. The van der Waals surface area contributed by atoms with Gasteiger partial charge in [0.2, 0.25) is 0 Å². The zero-order valence-corrected chi connectivity index (χ0v) is 18.9. The summed E-state index contributed by atoms with van der Waals surface area (Å²) in [5.74, 6) is 0. The van der Waals surface area contributed by atoms with Crippen molar-refractivity contribution in [3.63, 3.8) is 0 Å². The van der Waals surface area contributed by atoms with Gasteiger partial charge in [0.1, 0.15) is 0 Å². The molecule has 0 aliphatic carbocycles. The lowest BCUT2D eigenvalue weighted by Crippen LogP contribution is -2.49. The normalized spacial score (nSPS) is 15.3. The van der Waals surface area contributed by atoms with Crippen molar-refractivity contribution in [1.29, 1.82) is 0 Å². The Hall–Kier alpha value is -0.380. The molecule has 0 aromatic carbocycles. The lowest BCUT2D eigenvalue weighted by Gasteiger charge is -2.25. The first-order chi connectivity index (χ1) is 13.1.